The summed E-state index contributed by atoms with van der Waals surface area (Å²) in [6, 6.07) is 1.77. The van der Waals surface area contributed by atoms with Crippen molar-refractivity contribution in [2.45, 2.75) is 33.6 Å². The number of aromatic amines is 1. The number of halogens is 2. The molecule has 1 amide bonds. The van der Waals surface area contributed by atoms with Gasteiger partial charge in [0, 0.05) is 43.5 Å². The Hall–Kier alpha value is -2.78. The van der Waals surface area contributed by atoms with E-state index in [0.717, 1.165) is 30.2 Å². The molecule has 0 atom stereocenters. The molecule has 5 heterocycles. The van der Waals surface area contributed by atoms with Gasteiger partial charge < -0.3 is 19.9 Å². The smallest absolute Gasteiger partial charge is 0.233 e. The predicted octanol–water partition coefficient (Wildman–Crippen LogP) is 4.53. The highest BCUT2D eigenvalue weighted by atomic mass is 35.5. The molecule has 2 aliphatic heterocycles. The first-order valence-corrected chi connectivity index (χ1v) is 11.5. The molecule has 0 radical (unpaired) electrons. The number of H-pyrrole nitrogens is 1. The van der Waals surface area contributed by atoms with E-state index in [1.807, 2.05) is 25.7 Å². The minimum absolute atomic E-state index is 0.148. The average Bonchev–Trinajstić information content (AvgIpc) is 3.49. The van der Waals surface area contributed by atoms with Gasteiger partial charge in [-0.15, -0.1) is 0 Å². The molecule has 3 aromatic heterocycles. The number of anilines is 1. The third-order valence-corrected chi connectivity index (χ3v) is 5.68. The van der Waals surface area contributed by atoms with E-state index in [1.165, 1.54) is 12.8 Å². The summed E-state index contributed by atoms with van der Waals surface area (Å²) < 4.78 is 18.4. The molecule has 0 unspecified atom stereocenters. The first-order chi connectivity index (χ1) is 15.9. The molecule has 0 aliphatic carbocycles. The Balaban J connectivity index is 0.000000188. The van der Waals surface area contributed by atoms with Crippen LogP contribution in [0.1, 0.15) is 33.6 Å². The highest BCUT2D eigenvalue weighted by molar-refractivity contribution is 6.31. The summed E-state index contributed by atoms with van der Waals surface area (Å²) in [7, 11) is 1.60. The average molecular weight is 477 g/mol. The Bertz CT molecular complexity index is 1100. The van der Waals surface area contributed by atoms with Crippen LogP contribution in [-0.2, 0) is 9.53 Å². The topological polar surface area (TPSA) is 96.0 Å². The van der Waals surface area contributed by atoms with E-state index in [4.69, 9.17) is 16.3 Å². The molecule has 2 saturated heterocycles. The lowest BCUT2D eigenvalue weighted by Crippen LogP contribution is -2.52. The summed E-state index contributed by atoms with van der Waals surface area (Å²) in [5.41, 5.74) is 1.21. The third kappa shape index (κ3) is 5.42. The van der Waals surface area contributed by atoms with Gasteiger partial charge in [0.1, 0.15) is 5.65 Å². The van der Waals surface area contributed by atoms with Gasteiger partial charge in [-0.05, 0) is 25.8 Å². The van der Waals surface area contributed by atoms with Crippen LogP contribution >= 0.6 is 11.6 Å². The van der Waals surface area contributed by atoms with Crippen molar-refractivity contribution in [2.75, 3.05) is 38.7 Å². The molecule has 0 spiro atoms. The maximum absolute atomic E-state index is 13.4. The second-order valence-electron chi connectivity index (χ2n) is 7.94. The lowest BCUT2D eigenvalue weighted by Gasteiger charge is -2.39. The van der Waals surface area contributed by atoms with Gasteiger partial charge in [0.05, 0.1) is 29.8 Å². The Kier molecular flexibility index (Phi) is 8.20. The van der Waals surface area contributed by atoms with E-state index in [-0.39, 0.29) is 11.2 Å². The number of nitrogens with zero attached hydrogens (tertiary/aromatic N) is 4. The molecule has 178 valence electrons. The predicted molar refractivity (Wildman–Crippen MR) is 128 cm³/mol. The first-order valence-electron chi connectivity index (χ1n) is 11.1. The monoisotopic (exact) mass is 476 g/mol. The van der Waals surface area contributed by atoms with Crippen molar-refractivity contribution < 1.29 is 13.9 Å². The number of fused-ring (bicyclic) bond motifs is 1. The van der Waals surface area contributed by atoms with Crippen LogP contribution < -0.4 is 5.32 Å². The van der Waals surface area contributed by atoms with E-state index in [0.29, 0.717) is 35.6 Å². The van der Waals surface area contributed by atoms with E-state index >= 15 is 0 Å². The number of carbonyl (C=O) groups is 1. The second-order valence-corrected chi connectivity index (χ2v) is 8.38. The molecule has 33 heavy (non-hydrogen) atoms. The maximum Gasteiger partial charge on any atom is 0.233 e. The van der Waals surface area contributed by atoms with Crippen LogP contribution in [0, 0.1) is 11.2 Å². The van der Waals surface area contributed by atoms with Crippen molar-refractivity contribution in [2.24, 2.45) is 5.41 Å². The molecular weight excluding hydrogens is 447 g/mol. The zero-order valence-corrected chi connectivity index (χ0v) is 20.2. The summed E-state index contributed by atoms with van der Waals surface area (Å²) in [5, 5.41) is 3.99. The van der Waals surface area contributed by atoms with Gasteiger partial charge in [0.15, 0.2) is 17.5 Å². The molecule has 5 rings (SSSR count). The lowest BCUT2D eigenvalue weighted by atomic mass is 9.87. The van der Waals surface area contributed by atoms with E-state index in [9.17, 15) is 9.18 Å². The molecule has 2 fully saturated rings. The number of rotatable bonds is 3. The van der Waals surface area contributed by atoms with E-state index in [1.54, 1.807) is 25.5 Å². The Morgan fingerprint density at radius 3 is 2.55 bits per heavy atom. The summed E-state index contributed by atoms with van der Waals surface area (Å²) >= 11 is 5.93. The van der Waals surface area contributed by atoms with Crippen molar-refractivity contribution in [3.63, 3.8) is 0 Å². The Morgan fingerprint density at radius 1 is 1.24 bits per heavy atom. The largest absolute Gasteiger partial charge is 0.379 e. The molecule has 10 heteroatoms. The van der Waals surface area contributed by atoms with Crippen molar-refractivity contribution in [3.05, 3.63) is 35.5 Å². The number of likely N-dealkylation sites (tertiary alicyclic amines) is 1. The third-order valence-electron chi connectivity index (χ3n) is 5.47. The highest BCUT2D eigenvalue weighted by Gasteiger charge is 2.43. The molecule has 3 aromatic rings. The molecule has 2 aliphatic rings. The fraction of sp³-hybridized carbons (Fsp3) is 0.478. The number of nitrogens with one attached hydrogen (secondary N) is 2. The second kappa shape index (κ2) is 10.9. The first kappa shape index (κ1) is 24.9. The fourth-order valence-corrected chi connectivity index (χ4v) is 3.83. The van der Waals surface area contributed by atoms with Gasteiger partial charge in [-0.25, -0.2) is 19.3 Å². The maximum atomic E-state index is 13.4. The molecule has 0 saturated carbocycles. The minimum atomic E-state index is -0.498. The van der Waals surface area contributed by atoms with E-state index in [2.05, 4.69) is 25.3 Å². The quantitative estimate of drug-likeness (QED) is 0.576. The Morgan fingerprint density at radius 2 is 1.94 bits per heavy atom. The van der Waals surface area contributed by atoms with E-state index < -0.39 is 5.82 Å². The molecular formula is C23H30ClFN6O2. The zero-order chi connectivity index (χ0) is 24.0. The fourth-order valence-electron chi connectivity index (χ4n) is 3.67. The minimum Gasteiger partial charge on any atom is -0.379 e. The van der Waals surface area contributed by atoms with Crippen LogP contribution in [0.15, 0.2) is 24.7 Å². The van der Waals surface area contributed by atoms with Crippen LogP contribution in [0.2, 0.25) is 5.02 Å². The van der Waals surface area contributed by atoms with Crippen LogP contribution in [0.4, 0.5) is 10.2 Å². The van der Waals surface area contributed by atoms with Gasteiger partial charge >= 0.3 is 0 Å². The summed E-state index contributed by atoms with van der Waals surface area (Å²) in [6.07, 6.45) is 6.74. The molecule has 0 bridgehead atoms. The summed E-state index contributed by atoms with van der Waals surface area (Å²) in [4.78, 5) is 29.0. The number of amides is 1. The normalized spacial score (nSPS) is 16.2. The number of pyridine rings is 1. The molecule has 2 N–H and O–H groups in total. The number of hydrogen-bond acceptors (Lipinski definition) is 6. The highest BCUT2D eigenvalue weighted by Crippen LogP contribution is 2.30. The van der Waals surface area contributed by atoms with Gasteiger partial charge in [-0.3, -0.25) is 4.79 Å². The molecule has 0 aromatic carbocycles. The van der Waals surface area contributed by atoms with Crippen molar-refractivity contribution in [1.29, 1.82) is 0 Å². The molecule has 8 nitrogen and oxygen atoms in total. The lowest BCUT2D eigenvalue weighted by molar-refractivity contribution is -0.167. The summed E-state index contributed by atoms with van der Waals surface area (Å²) in [6.45, 7) is 9.13. The van der Waals surface area contributed by atoms with Crippen molar-refractivity contribution in [1.82, 2.24) is 24.8 Å². The van der Waals surface area contributed by atoms with Crippen LogP contribution in [-0.4, -0.2) is 64.1 Å². The standard InChI is InChI=1S/C12H9ClFN5.C9H15NO2.C2H6/c1-15-12-9(14)5-18-11(19-12)8-4-17-10-7(8)2-6(13)3-16-10;1-9(6-12-7-9)8(11)10-4-2-3-5-10;1-2/h2-5H,1H3,(H,16,17)(H,15,18,19);2-7H2,1H3;1-2H3. The number of ether oxygens (including phenoxy) is 1. The SMILES string of the molecule is CC.CC1(C(=O)N2CCCC2)COC1.CNc1nc(-c2c[nH]c3ncc(Cl)cc23)ncc1F. The van der Waals surface area contributed by atoms with Crippen LogP contribution in [0.25, 0.3) is 22.4 Å². The zero-order valence-electron chi connectivity index (χ0n) is 19.4. The van der Waals surface area contributed by atoms with Crippen molar-refractivity contribution in [3.8, 4) is 11.4 Å². The van der Waals surface area contributed by atoms with Gasteiger partial charge in [-0.2, -0.15) is 0 Å². The number of carbonyl (C=O) groups excluding carboxylic acids is 1. The van der Waals surface area contributed by atoms with Gasteiger partial charge in [0.25, 0.3) is 0 Å². The number of aromatic nitrogens is 4. The number of hydrogen-bond donors (Lipinski definition) is 2. The van der Waals surface area contributed by atoms with Gasteiger partial charge in [-0.1, -0.05) is 25.4 Å². The summed E-state index contributed by atoms with van der Waals surface area (Å²) in [5.74, 6) is 0.351. The Labute approximate surface area is 197 Å². The van der Waals surface area contributed by atoms with Crippen LogP contribution in [0.5, 0.6) is 0 Å². The van der Waals surface area contributed by atoms with Crippen LogP contribution in [0.3, 0.4) is 0 Å². The van der Waals surface area contributed by atoms with Crippen molar-refractivity contribution >= 4 is 34.4 Å². The van der Waals surface area contributed by atoms with Gasteiger partial charge in [0.2, 0.25) is 5.91 Å².